The lowest BCUT2D eigenvalue weighted by atomic mass is 10.1. The number of anilines is 2. The minimum atomic E-state index is -0.125. The smallest absolute Gasteiger partial charge is 0.256 e. The second kappa shape index (κ2) is 7.71. The number of fused-ring (bicyclic) bond motifs is 1. The van der Waals surface area contributed by atoms with Crippen molar-refractivity contribution in [1.29, 1.82) is 0 Å². The lowest BCUT2D eigenvalue weighted by molar-refractivity contribution is -0.121. The first-order valence-corrected chi connectivity index (χ1v) is 9.26. The molecule has 1 aromatic carbocycles. The molecular formula is C19H23N7O. The average Bonchev–Trinajstić information content (AvgIpc) is 3.19. The molecule has 1 saturated heterocycles. The van der Waals surface area contributed by atoms with Crippen molar-refractivity contribution in [3.63, 3.8) is 0 Å². The molecule has 0 unspecified atom stereocenters. The number of piperazine rings is 1. The Kier molecular flexibility index (Phi) is 4.97. The summed E-state index contributed by atoms with van der Waals surface area (Å²) in [6, 6.07) is 11.5. The maximum Gasteiger partial charge on any atom is 0.256 e. The van der Waals surface area contributed by atoms with Gasteiger partial charge in [0.15, 0.2) is 0 Å². The lowest BCUT2D eigenvalue weighted by Gasteiger charge is -2.39. The Morgan fingerprint density at radius 3 is 2.67 bits per heavy atom. The summed E-state index contributed by atoms with van der Waals surface area (Å²) in [5, 5.41) is 11.0. The number of aromatic nitrogens is 4. The number of carbonyl (C=O) groups is 1. The Morgan fingerprint density at radius 2 is 1.93 bits per heavy atom. The van der Waals surface area contributed by atoms with Crippen LogP contribution in [0.2, 0.25) is 0 Å². The van der Waals surface area contributed by atoms with Gasteiger partial charge in [0.05, 0.1) is 6.04 Å². The van der Waals surface area contributed by atoms with Gasteiger partial charge in [0.2, 0.25) is 5.91 Å². The zero-order valence-electron chi connectivity index (χ0n) is 15.3. The van der Waals surface area contributed by atoms with E-state index >= 15 is 0 Å². The molecule has 1 N–H and O–H groups in total. The van der Waals surface area contributed by atoms with Crippen LogP contribution in [0.25, 0.3) is 5.78 Å². The van der Waals surface area contributed by atoms with E-state index < -0.39 is 0 Å². The summed E-state index contributed by atoms with van der Waals surface area (Å²) >= 11 is 0. The van der Waals surface area contributed by atoms with E-state index in [0.29, 0.717) is 5.78 Å². The fourth-order valence-electron chi connectivity index (χ4n) is 3.61. The second-order valence-electron chi connectivity index (χ2n) is 6.61. The number of benzene rings is 1. The Hall–Kier alpha value is -3.00. The molecule has 0 bridgehead atoms. The van der Waals surface area contributed by atoms with Crippen molar-refractivity contribution in [1.82, 2.24) is 24.5 Å². The highest BCUT2D eigenvalue weighted by molar-refractivity contribution is 5.94. The van der Waals surface area contributed by atoms with Crippen molar-refractivity contribution in [2.24, 2.45) is 0 Å². The standard InChI is InChI=1S/C19H23N7O/c1-2-16(18(27)22-15-6-4-3-5-7-15)24-10-12-25(13-11-24)17-8-9-20-19-23-21-14-26(17)19/h3-9,14,16H,2,10-13H2,1H3,(H,22,27)/t16-/m1/s1. The fraction of sp³-hybridized carbons (Fsp3) is 0.368. The van der Waals surface area contributed by atoms with Crippen LogP contribution in [0.3, 0.4) is 0 Å². The van der Waals surface area contributed by atoms with Gasteiger partial charge in [-0.3, -0.25) is 14.1 Å². The molecule has 1 atom stereocenters. The molecule has 8 heteroatoms. The summed E-state index contributed by atoms with van der Waals surface area (Å²) in [6.45, 7) is 5.39. The van der Waals surface area contributed by atoms with Gasteiger partial charge in [0.25, 0.3) is 5.78 Å². The van der Waals surface area contributed by atoms with E-state index in [4.69, 9.17) is 0 Å². The maximum atomic E-state index is 12.7. The summed E-state index contributed by atoms with van der Waals surface area (Å²) in [6.07, 6.45) is 4.23. The summed E-state index contributed by atoms with van der Waals surface area (Å²) in [5.74, 6) is 1.69. The molecule has 0 aliphatic carbocycles. The molecule has 1 fully saturated rings. The van der Waals surface area contributed by atoms with E-state index in [2.05, 4.69) is 37.2 Å². The van der Waals surface area contributed by atoms with Crippen molar-refractivity contribution in [2.45, 2.75) is 19.4 Å². The lowest BCUT2D eigenvalue weighted by Crippen LogP contribution is -2.54. The van der Waals surface area contributed by atoms with Crippen LogP contribution in [0.4, 0.5) is 11.5 Å². The molecule has 0 radical (unpaired) electrons. The van der Waals surface area contributed by atoms with Crippen LogP contribution in [0, 0.1) is 0 Å². The topological polar surface area (TPSA) is 78.7 Å². The quantitative estimate of drug-likeness (QED) is 0.741. The van der Waals surface area contributed by atoms with Crippen molar-refractivity contribution in [3.8, 4) is 0 Å². The van der Waals surface area contributed by atoms with E-state index in [1.54, 1.807) is 12.5 Å². The third kappa shape index (κ3) is 3.61. The van der Waals surface area contributed by atoms with Crippen LogP contribution in [-0.4, -0.2) is 62.6 Å². The number of para-hydroxylation sites is 1. The van der Waals surface area contributed by atoms with E-state index in [-0.39, 0.29) is 11.9 Å². The number of hydrogen-bond donors (Lipinski definition) is 1. The molecule has 1 aliphatic heterocycles. The van der Waals surface area contributed by atoms with E-state index in [1.165, 1.54) is 0 Å². The van der Waals surface area contributed by atoms with Gasteiger partial charge in [-0.05, 0) is 24.6 Å². The monoisotopic (exact) mass is 365 g/mol. The van der Waals surface area contributed by atoms with E-state index in [0.717, 1.165) is 44.1 Å². The van der Waals surface area contributed by atoms with E-state index in [1.807, 2.05) is 40.8 Å². The minimum Gasteiger partial charge on any atom is -0.355 e. The predicted molar refractivity (Wildman–Crippen MR) is 104 cm³/mol. The molecular weight excluding hydrogens is 342 g/mol. The molecule has 0 spiro atoms. The number of amides is 1. The van der Waals surface area contributed by atoms with Crippen molar-refractivity contribution >= 4 is 23.2 Å². The van der Waals surface area contributed by atoms with E-state index in [9.17, 15) is 4.79 Å². The van der Waals surface area contributed by atoms with Gasteiger partial charge in [-0.15, -0.1) is 10.2 Å². The van der Waals surface area contributed by atoms with Crippen molar-refractivity contribution in [3.05, 3.63) is 48.9 Å². The van der Waals surface area contributed by atoms with Crippen LogP contribution in [0.5, 0.6) is 0 Å². The van der Waals surface area contributed by atoms with Gasteiger partial charge in [-0.2, -0.15) is 0 Å². The van der Waals surface area contributed by atoms with Crippen LogP contribution in [0.1, 0.15) is 13.3 Å². The SMILES string of the molecule is CC[C@H](C(=O)Nc1ccccc1)N1CCN(c2ccnc3nncn23)CC1. The molecule has 4 rings (SSSR count). The maximum absolute atomic E-state index is 12.7. The van der Waals surface area contributed by atoms with Crippen LogP contribution < -0.4 is 10.2 Å². The molecule has 8 nitrogen and oxygen atoms in total. The Labute approximate surface area is 157 Å². The highest BCUT2D eigenvalue weighted by Gasteiger charge is 2.28. The third-order valence-electron chi connectivity index (χ3n) is 5.00. The highest BCUT2D eigenvalue weighted by atomic mass is 16.2. The average molecular weight is 365 g/mol. The number of rotatable bonds is 5. The number of nitrogens with one attached hydrogen (secondary N) is 1. The third-order valence-corrected chi connectivity index (χ3v) is 5.00. The van der Waals surface area contributed by atoms with Crippen LogP contribution in [-0.2, 0) is 4.79 Å². The van der Waals surface area contributed by atoms with Crippen LogP contribution >= 0.6 is 0 Å². The Morgan fingerprint density at radius 1 is 1.15 bits per heavy atom. The molecule has 0 saturated carbocycles. The van der Waals surface area contributed by atoms with Crippen LogP contribution in [0.15, 0.2) is 48.9 Å². The summed E-state index contributed by atoms with van der Waals surface area (Å²) in [4.78, 5) is 21.5. The zero-order chi connectivity index (χ0) is 18.6. The van der Waals surface area contributed by atoms with Gasteiger partial charge >= 0.3 is 0 Å². The molecule has 140 valence electrons. The molecule has 1 amide bonds. The Bertz CT molecular complexity index is 903. The van der Waals surface area contributed by atoms with Gasteiger partial charge < -0.3 is 10.2 Å². The number of carbonyl (C=O) groups excluding carboxylic acids is 1. The minimum absolute atomic E-state index is 0.0576. The summed E-state index contributed by atoms with van der Waals surface area (Å²) in [5.41, 5.74) is 0.839. The second-order valence-corrected chi connectivity index (χ2v) is 6.61. The first-order chi connectivity index (χ1) is 13.3. The number of hydrogen-bond acceptors (Lipinski definition) is 6. The van der Waals surface area contributed by atoms with Gasteiger partial charge in [0, 0.05) is 38.1 Å². The van der Waals surface area contributed by atoms with Gasteiger partial charge in [0.1, 0.15) is 12.1 Å². The zero-order valence-corrected chi connectivity index (χ0v) is 15.3. The fourth-order valence-corrected chi connectivity index (χ4v) is 3.61. The highest BCUT2D eigenvalue weighted by Crippen LogP contribution is 2.19. The van der Waals surface area contributed by atoms with Gasteiger partial charge in [-0.25, -0.2) is 4.98 Å². The molecule has 27 heavy (non-hydrogen) atoms. The number of nitrogens with zero attached hydrogens (tertiary/aromatic N) is 6. The normalized spacial score (nSPS) is 16.4. The predicted octanol–water partition coefficient (Wildman–Crippen LogP) is 1.66. The first-order valence-electron chi connectivity index (χ1n) is 9.26. The molecule has 1 aliphatic rings. The van der Waals surface area contributed by atoms with Crippen molar-refractivity contribution in [2.75, 3.05) is 36.4 Å². The summed E-state index contributed by atoms with van der Waals surface area (Å²) < 4.78 is 1.90. The summed E-state index contributed by atoms with van der Waals surface area (Å²) in [7, 11) is 0. The molecule has 2 aromatic heterocycles. The first kappa shape index (κ1) is 17.4. The van der Waals surface area contributed by atoms with Crippen molar-refractivity contribution < 1.29 is 4.79 Å². The molecule has 3 heterocycles. The molecule has 3 aromatic rings. The Balaban J connectivity index is 1.41. The van der Waals surface area contributed by atoms with Gasteiger partial charge in [-0.1, -0.05) is 25.1 Å². The largest absolute Gasteiger partial charge is 0.355 e.